The van der Waals surface area contributed by atoms with Gasteiger partial charge >= 0.3 is 0 Å². The summed E-state index contributed by atoms with van der Waals surface area (Å²) in [6.45, 7) is 1.09. The molecule has 2 aromatic carbocycles. The summed E-state index contributed by atoms with van der Waals surface area (Å²) in [6.07, 6.45) is 2.79. The van der Waals surface area contributed by atoms with Crippen molar-refractivity contribution in [2.24, 2.45) is 0 Å². The Bertz CT molecular complexity index is 1320. The lowest BCUT2D eigenvalue weighted by molar-refractivity contribution is 0.0943. The van der Waals surface area contributed by atoms with Crippen molar-refractivity contribution in [3.8, 4) is 11.5 Å². The Morgan fingerprint density at radius 2 is 1.89 bits per heavy atom. The number of nitrogens with one attached hydrogen (secondary N) is 1. The molecule has 0 spiro atoms. The zero-order chi connectivity index (χ0) is 24.2. The summed E-state index contributed by atoms with van der Waals surface area (Å²) in [5.74, 6) is 0.459. The molecule has 4 aromatic rings. The van der Waals surface area contributed by atoms with E-state index in [9.17, 15) is 13.6 Å². The molecule has 8 nitrogen and oxygen atoms in total. The first-order chi connectivity index (χ1) is 17.0. The number of benzene rings is 2. The Labute approximate surface area is 199 Å². The molecular weight excluding hydrogens is 460 g/mol. The number of rotatable bonds is 9. The Morgan fingerprint density at radius 1 is 1.00 bits per heavy atom. The van der Waals surface area contributed by atoms with Gasteiger partial charge in [-0.15, -0.1) is 0 Å². The predicted molar refractivity (Wildman–Crippen MR) is 118 cm³/mol. The van der Waals surface area contributed by atoms with E-state index >= 15 is 0 Å². The monoisotopic (exact) mass is 481 g/mol. The molecule has 1 N–H and O–H groups in total. The number of nitrogens with zero attached hydrogens (tertiary/aromatic N) is 2. The molecule has 35 heavy (non-hydrogen) atoms. The van der Waals surface area contributed by atoms with Gasteiger partial charge in [-0.25, -0.2) is 13.8 Å². The first-order valence-electron chi connectivity index (χ1n) is 10.8. The molecular formula is C25H21F2N3O5. The zero-order valence-corrected chi connectivity index (χ0v) is 18.5. The summed E-state index contributed by atoms with van der Waals surface area (Å²) < 4.78 is 49.3. The molecule has 0 unspecified atom stereocenters. The van der Waals surface area contributed by atoms with Crippen LogP contribution in [0.25, 0.3) is 0 Å². The van der Waals surface area contributed by atoms with Gasteiger partial charge in [-0.05, 0) is 35.9 Å². The smallest absolute Gasteiger partial charge is 0.273 e. The molecule has 0 fully saturated rings. The lowest BCUT2D eigenvalue weighted by atomic mass is 10.1. The van der Waals surface area contributed by atoms with Crippen LogP contribution in [0.3, 0.4) is 0 Å². The molecule has 2 aromatic heterocycles. The highest BCUT2D eigenvalue weighted by Crippen LogP contribution is 2.33. The summed E-state index contributed by atoms with van der Waals surface area (Å²) in [7, 11) is 0. The lowest BCUT2D eigenvalue weighted by Gasteiger charge is -2.21. The van der Waals surface area contributed by atoms with Gasteiger partial charge in [-0.1, -0.05) is 12.1 Å². The molecule has 0 radical (unpaired) electrons. The molecule has 1 amide bonds. The van der Waals surface area contributed by atoms with E-state index in [1.807, 2.05) is 17.0 Å². The average molecular weight is 481 g/mol. The van der Waals surface area contributed by atoms with Crippen LogP contribution >= 0.6 is 0 Å². The van der Waals surface area contributed by atoms with E-state index in [1.54, 1.807) is 18.2 Å². The number of amides is 1. The van der Waals surface area contributed by atoms with Gasteiger partial charge in [0.2, 0.25) is 12.7 Å². The van der Waals surface area contributed by atoms with Crippen LogP contribution in [0.5, 0.6) is 11.5 Å². The SMILES string of the molecule is O=C(NCc1ccco1)c1coc(CN(Cc2ccc3c(c2)OCO3)Cc2ccc(F)cc2F)n1. The summed E-state index contributed by atoms with van der Waals surface area (Å²) in [5, 5.41) is 2.70. The second-order valence-electron chi connectivity index (χ2n) is 7.96. The van der Waals surface area contributed by atoms with Gasteiger partial charge in [0.15, 0.2) is 17.2 Å². The van der Waals surface area contributed by atoms with Gasteiger partial charge < -0.3 is 23.6 Å². The molecule has 1 aliphatic heterocycles. The van der Waals surface area contributed by atoms with E-state index in [2.05, 4.69) is 10.3 Å². The van der Waals surface area contributed by atoms with Gasteiger partial charge in [0.1, 0.15) is 23.7 Å². The van der Waals surface area contributed by atoms with Crippen LogP contribution in [0.1, 0.15) is 33.3 Å². The third-order valence-electron chi connectivity index (χ3n) is 5.40. The standard InChI is InChI=1S/C25H21F2N3O5/c26-18-5-4-17(20(27)9-18)12-30(11-16-3-6-22-23(8-16)35-15-34-22)13-24-29-21(14-33-24)25(31)28-10-19-2-1-7-32-19/h1-9,14H,10-13,15H2,(H,28,31). The van der Waals surface area contributed by atoms with Crippen LogP contribution in [0.15, 0.2) is 69.9 Å². The van der Waals surface area contributed by atoms with E-state index in [1.165, 1.54) is 24.7 Å². The number of furan rings is 1. The minimum atomic E-state index is -0.647. The largest absolute Gasteiger partial charge is 0.467 e. The maximum atomic E-state index is 14.4. The third kappa shape index (κ3) is 5.49. The maximum Gasteiger partial charge on any atom is 0.273 e. The summed E-state index contributed by atoms with van der Waals surface area (Å²) in [5.41, 5.74) is 1.32. The summed E-state index contributed by atoms with van der Waals surface area (Å²) in [6, 6.07) is 12.5. The molecule has 180 valence electrons. The fraction of sp³-hybridized carbons (Fsp3) is 0.200. The van der Waals surface area contributed by atoms with Crippen LogP contribution in [0.4, 0.5) is 8.78 Å². The fourth-order valence-electron chi connectivity index (χ4n) is 3.71. The number of fused-ring (bicyclic) bond motifs is 1. The molecule has 0 saturated heterocycles. The van der Waals surface area contributed by atoms with E-state index in [0.29, 0.717) is 29.4 Å². The van der Waals surface area contributed by atoms with Gasteiger partial charge in [0.05, 0.1) is 19.4 Å². The van der Waals surface area contributed by atoms with Crippen LogP contribution < -0.4 is 14.8 Å². The summed E-state index contributed by atoms with van der Waals surface area (Å²) >= 11 is 0. The molecule has 10 heteroatoms. The van der Waals surface area contributed by atoms with Crippen molar-refractivity contribution >= 4 is 5.91 Å². The minimum Gasteiger partial charge on any atom is -0.467 e. The van der Waals surface area contributed by atoms with Crippen molar-refractivity contribution < 1.29 is 31.9 Å². The molecule has 0 aliphatic carbocycles. The topological polar surface area (TPSA) is 90.0 Å². The van der Waals surface area contributed by atoms with E-state index in [4.69, 9.17) is 18.3 Å². The Morgan fingerprint density at radius 3 is 2.71 bits per heavy atom. The van der Waals surface area contributed by atoms with E-state index in [-0.39, 0.29) is 38.0 Å². The van der Waals surface area contributed by atoms with Crippen molar-refractivity contribution in [1.82, 2.24) is 15.2 Å². The molecule has 3 heterocycles. The fourth-order valence-corrected chi connectivity index (χ4v) is 3.71. The van der Waals surface area contributed by atoms with Crippen molar-refractivity contribution in [3.63, 3.8) is 0 Å². The second kappa shape index (κ2) is 9.98. The van der Waals surface area contributed by atoms with Crippen molar-refractivity contribution in [3.05, 3.63) is 101 Å². The molecule has 0 atom stereocenters. The molecule has 5 rings (SSSR count). The number of hydrogen-bond acceptors (Lipinski definition) is 7. The molecule has 0 saturated carbocycles. The number of hydrogen-bond donors (Lipinski definition) is 1. The first-order valence-corrected chi connectivity index (χ1v) is 10.8. The first kappa shape index (κ1) is 22.6. The minimum absolute atomic E-state index is 0.113. The molecule has 0 bridgehead atoms. The zero-order valence-electron chi connectivity index (χ0n) is 18.5. The number of carbonyl (C=O) groups is 1. The quantitative estimate of drug-likeness (QED) is 0.379. The summed E-state index contributed by atoms with van der Waals surface area (Å²) in [4.78, 5) is 18.5. The van der Waals surface area contributed by atoms with Crippen LogP contribution in [0.2, 0.25) is 0 Å². The predicted octanol–water partition coefficient (Wildman–Crippen LogP) is 4.41. The Kier molecular flexibility index (Phi) is 6.44. The van der Waals surface area contributed by atoms with Crippen LogP contribution in [-0.2, 0) is 26.2 Å². The van der Waals surface area contributed by atoms with E-state index in [0.717, 1.165) is 11.6 Å². The van der Waals surface area contributed by atoms with Gasteiger partial charge in [0.25, 0.3) is 5.91 Å². The normalized spacial score (nSPS) is 12.3. The second-order valence-corrected chi connectivity index (χ2v) is 7.96. The van der Waals surface area contributed by atoms with Crippen LogP contribution in [-0.4, -0.2) is 22.6 Å². The third-order valence-corrected chi connectivity index (χ3v) is 5.40. The van der Waals surface area contributed by atoms with Crippen molar-refractivity contribution in [1.29, 1.82) is 0 Å². The average Bonchev–Trinajstić information content (AvgIpc) is 3.61. The lowest BCUT2D eigenvalue weighted by Crippen LogP contribution is -2.24. The molecule has 1 aliphatic rings. The Balaban J connectivity index is 1.31. The number of halogens is 2. The van der Waals surface area contributed by atoms with Gasteiger partial charge in [0, 0.05) is 24.7 Å². The van der Waals surface area contributed by atoms with Crippen molar-refractivity contribution in [2.45, 2.75) is 26.2 Å². The van der Waals surface area contributed by atoms with Gasteiger partial charge in [-0.3, -0.25) is 9.69 Å². The number of carbonyl (C=O) groups excluding carboxylic acids is 1. The highest BCUT2D eigenvalue weighted by molar-refractivity contribution is 5.91. The number of ether oxygens (including phenoxy) is 2. The van der Waals surface area contributed by atoms with E-state index < -0.39 is 17.5 Å². The van der Waals surface area contributed by atoms with Crippen LogP contribution in [0, 0.1) is 11.6 Å². The highest BCUT2D eigenvalue weighted by Gasteiger charge is 2.19. The number of aromatic nitrogens is 1. The number of oxazole rings is 1. The Hall–Kier alpha value is -4.18. The van der Waals surface area contributed by atoms with Gasteiger partial charge in [-0.2, -0.15) is 0 Å². The van der Waals surface area contributed by atoms with Crippen molar-refractivity contribution in [2.75, 3.05) is 6.79 Å². The maximum absolute atomic E-state index is 14.4. The highest BCUT2D eigenvalue weighted by atomic mass is 19.1.